The van der Waals surface area contributed by atoms with E-state index in [-0.39, 0.29) is 11.8 Å². The van der Waals surface area contributed by atoms with Crippen molar-refractivity contribution < 1.29 is 9.59 Å². The predicted octanol–water partition coefficient (Wildman–Crippen LogP) is 2.61. The molecular weight excluding hydrogens is 376 g/mol. The van der Waals surface area contributed by atoms with Crippen LogP contribution in [0.25, 0.3) is 0 Å². The van der Waals surface area contributed by atoms with Gasteiger partial charge in [0.2, 0.25) is 11.8 Å². The summed E-state index contributed by atoms with van der Waals surface area (Å²) < 4.78 is 0. The smallest absolute Gasteiger partial charge is 0.245 e. The lowest BCUT2D eigenvalue weighted by atomic mass is 10.2. The number of amides is 2. The van der Waals surface area contributed by atoms with Gasteiger partial charge in [-0.25, -0.2) is 0 Å². The molecule has 6 heteroatoms. The predicted molar refractivity (Wildman–Crippen MR) is 120 cm³/mol. The Morgan fingerprint density at radius 2 is 1.00 bits per heavy atom. The lowest BCUT2D eigenvalue weighted by Gasteiger charge is -2.08. The molecule has 0 aliphatic heterocycles. The topological polar surface area (TPSA) is 82.3 Å². The van der Waals surface area contributed by atoms with Crippen molar-refractivity contribution in [3.63, 3.8) is 0 Å². The van der Waals surface area contributed by atoms with Crippen LogP contribution >= 0.6 is 0 Å². The van der Waals surface area contributed by atoms with Gasteiger partial charge in [0.1, 0.15) is 0 Å². The van der Waals surface area contributed by atoms with Crippen molar-refractivity contribution in [2.24, 2.45) is 0 Å². The molecule has 0 saturated heterocycles. The molecule has 4 N–H and O–H groups in total. The summed E-state index contributed by atoms with van der Waals surface area (Å²) in [5.74, 6) is -0.392. The van der Waals surface area contributed by atoms with Gasteiger partial charge in [-0.05, 0) is 25.0 Å². The van der Waals surface area contributed by atoms with E-state index in [0.29, 0.717) is 26.2 Å². The lowest BCUT2D eigenvalue weighted by Crippen LogP contribution is -2.34. The Morgan fingerprint density at radius 1 is 0.633 bits per heavy atom. The fourth-order valence-corrected chi connectivity index (χ4v) is 2.64. The third-order valence-corrected chi connectivity index (χ3v) is 4.25. The zero-order valence-electron chi connectivity index (χ0n) is 17.6. The van der Waals surface area contributed by atoms with Gasteiger partial charge < -0.3 is 21.3 Å². The van der Waals surface area contributed by atoms with Gasteiger partial charge in [0.05, 0.1) is 0 Å². The normalized spacial score (nSPS) is 11.5. The minimum absolute atomic E-state index is 0.196. The van der Waals surface area contributed by atoms with E-state index in [1.54, 1.807) is 0 Å². The van der Waals surface area contributed by atoms with Crippen molar-refractivity contribution in [2.75, 3.05) is 13.1 Å². The number of carbonyl (C=O) groups is 2. The number of allylic oxidation sites excluding steroid dienone is 2. The van der Waals surface area contributed by atoms with Gasteiger partial charge in [0.25, 0.3) is 0 Å². The Morgan fingerprint density at radius 3 is 1.37 bits per heavy atom. The first-order chi connectivity index (χ1) is 14.5. The summed E-state index contributed by atoms with van der Waals surface area (Å²) in [6.07, 6.45) is 3.03. The van der Waals surface area contributed by atoms with Crippen molar-refractivity contribution in [1.29, 1.82) is 0 Å². The van der Waals surface area contributed by atoms with Crippen molar-refractivity contribution >= 4 is 11.8 Å². The largest absolute Gasteiger partial charge is 0.384 e. The van der Waals surface area contributed by atoms with E-state index in [1.165, 1.54) is 12.2 Å². The third-order valence-electron chi connectivity index (χ3n) is 4.25. The van der Waals surface area contributed by atoms with E-state index in [9.17, 15) is 9.59 Å². The first kappa shape index (κ1) is 22.7. The van der Waals surface area contributed by atoms with Gasteiger partial charge >= 0.3 is 0 Å². The van der Waals surface area contributed by atoms with Crippen molar-refractivity contribution in [1.82, 2.24) is 21.3 Å². The number of hydrogen-bond acceptors (Lipinski definition) is 4. The maximum Gasteiger partial charge on any atom is 0.245 e. The van der Waals surface area contributed by atoms with Crippen LogP contribution in [0.3, 0.4) is 0 Å². The van der Waals surface area contributed by atoms with E-state index < -0.39 is 0 Å². The molecule has 0 aliphatic carbocycles. The first-order valence-electron chi connectivity index (χ1n) is 10.0. The lowest BCUT2D eigenvalue weighted by molar-refractivity contribution is -0.118. The van der Waals surface area contributed by atoms with Crippen LogP contribution in [-0.4, -0.2) is 24.9 Å². The molecule has 30 heavy (non-hydrogen) atoms. The Hall–Kier alpha value is -3.54. The number of benzene rings is 2. The maximum atomic E-state index is 11.9. The molecule has 158 valence electrons. The van der Waals surface area contributed by atoms with Gasteiger partial charge in [-0.3, -0.25) is 9.59 Å². The molecule has 0 aromatic heterocycles. The van der Waals surface area contributed by atoms with E-state index in [2.05, 4.69) is 21.3 Å². The number of rotatable bonds is 11. The van der Waals surface area contributed by atoms with Crippen molar-refractivity contribution in [3.8, 4) is 0 Å². The quantitative estimate of drug-likeness (QED) is 0.342. The molecule has 0 radical (unpaired) electrons. The summed E-state index contributed by atoms with van der Waals surface area (Å²) >= 11 is 0. The molecule has 0 heterocycles. The molecule has 0 atom stereocenters. The van der Waals surface area contributed by atoms with Crippen LogP contribution in [0.5, 0.6) is 0 Å². The average Bonchev–Trinajstić information content (AvgIpc) is 2.75. The summed E-state index contributed by atoms with van der Waals surface area (Å²) in [7, 11) is 0. The molecule has 2 aromatic carbocycles. The van der Waals surface area contributed by atoms with E-state index in [4.69, 9.17) is 0 Å². The number of nitrogens with one attached hydrogen (secondary N) is 4. The van der Waals surface area contributed by atoms with Crippen LogP contribution in [0.4, 0.5) is 0 Å². The van der Waals surface area contributed by atoms with Gasteiger partial charge in [-0.1, -0.05) is 60.7 Å². The van der Waals surface area contributed by atoms with Gasteiger partial charge in [-0.15, -0.1) is 0 Å². The van der Waals surface area contributed by atoms with Crippen LogP contribution in [0.1, 0.15) is 25.0 Å². The average molecular weight is 407 g/mol. The first-order valence-corrected chi connectivity index (χ1v) is 10.0. The van der Waals surface area contributed by atoms with Crippen molar-refractivity contribution in [3.05, 3.63) is 95.3 Å². The second-order valence-electron chi connectivity index (χ2n) is 6.92. The molecule has 2 aromatic rings. The zero-order valence-corrected chi connectivity index (χ0v) is 17.6. The summed E-state index contributed by atoms with van der Waals surface area (Å²) in [5.41, 5.74) is 3.86. The fraction of sp³-hybridized carbons (Fsp3) is 0.250. The Balaban J connectivity index is 1.61. The van der Waals surface area contributed by atoms with Crippen molar-refractivity contribution in [2.45, 2.75) is 26.9 Å². The summed E-state index contributed by atoms with van der Waals surface area (Å²) in [4.78, 5) is 23.9. The Kier molecular flexibility index (Phi) is 9.73. The molecule has 2 rings (SSSR count). The monoisotopic (exact) mass is 406 g/mol. The van der Waals surface area contributed by atoms with Crippen LogP contribution in [0.15, 0.2) is 84.2 Å². The standard InChI is InChI=1S/C24H30N4O2/c1-19(27-17-21-9-5-3-6-10-21)15-23(29)25-13-14-26-24(30)16-20(2)28-18-22-11-7-4-8-12-22/h3-12,15-16,27-28H,13-14,17-18H2,1-2H3,(H,25,29)(H,26,30). The summed E-state index contributed by atoms with van der Waals surface area (Å²) in [6.45, 7) is 5.74. The zero-order chi connectivity index (χ0) is 21.6. The second kappa shape index (κ2) is 12.8. The second-order valence-corrected chi connectivity index (χ2v) is 6.92. The van der Waals surface area contributed by atoms with Crippen LogP contribution in [0.2, 0.25) is 0 Å². The number of carbonyl (C=O) groups excluding carboxylic acids is 2. The maximum absolute atomic E-state index is 11.9. The molecule has 0 saturated carbocycles. The van der Waals surface area contributed by atoms with Crippen LogP contribution in [0, 0.1) is 0 Å². The minimum atomic E-state index is -0.196. The summed E-state index contributed by atoms with van der Waals surface area (Å²) in [5, 5.41) is 11.9. The molecular formula is C24H30N4O2. The highest BCUT2D eigenvalue weighted by molar-refractivity contribution is 5.89. The SMILES string of the molecule is CC(=CC(=O)NCCNC(=O)C=C(C)NCc1ccccc1)NCc1ccccc1. The Labute approximate surface area is 178 Å². The highest BCUT2D eigenvalue weighted by Crippen LogP contribution is 2.00. The number of hydrogen-bond donors (Lipinski definition) is 4. The van der Waals surface area contributed by atoms with E-state index >= 15 is 0 Å². The fourth-order valence-electron chi connectivity index (χ4n) is 2.64. The highest BCUT2D eigenvalue weighted by Gasteiger charge is 2.01. The van der Waals surface area contributed by atoms with Gasteiger partial charge in [0, 0.05) is 49.7 Å². The Bertz CT molecular complexity index is 788. The molecule has 0 aliphatic rings. The molecule has 0 fully saturated rings. The minimum Gasteiger partial charge on any atom is -0.384 e. The molecule has 6 nitrogen and oxygen atoms in total. The van der Waals surface area contributed by atoms with Gasteiger partial charge in [0.15, 0.2) is 0 Å². The van der Waals surface area contributed by atoms with E-state index in [1.807, 2.05) is 74.5 Å². The van der Waals surface area contributed by atoms with Gasteiger partial charge in [-0.2, -0.15) is 0 Å². The molecule has 0 spiro atoms. The third kappa shape index (κ3) is 9.59. The van der Waals surface area contributed by atoms with Crippen LogP contribution < -0.4 is 21.3 Å². The highest BCUT2D eigenvalue weighted by atomic mass is 16.2. The molecule has 0 unspecified atom stereocenters. The van der Waals surface area contributed by atoms with Crippen LogP contribution in [-0.2, 0) is 22.7 Å². The molecule has 0 bridgehead atoms. The molecule has 2 amide bonds. The van der Waals surface area contributed by atoms with E-state index in [0.717, 1.165) is 22.5 Å². The summed E-state index contributed by atoms with van der Waals surface area (Å²) in [6, 6.07) is 20.0.